The van der Waals surface area contributed by atoms with Crippen LogP contribution in [0.25, 0.3) is 0 Å². The van der Waals surface area contributed by atoms with Gasteiger partial charge in [0.05, 0.1) is 4.90 Å². The molecule has 21 heavy (non-hydrogen) atoms. The van der Waals surface area contributed by atoms with Crippen molar-refractivity contribution in [3.05, 3.63) is 35.6 Å². The number of allylic oxidation sites excluding steroid dienone is 1. The molecule has 0 atom stereocenters. The molecule has 6 nitrogen and oxygen atoms in total. The Hall–Kier alpha value is -1.95. The van der Waals surface area contributed by atoms with Crippen molar-refractivity contribution in [2.24, 2.45) is 11.1 Å². The molecule has 4 N–H and O–H groups in total. The number of thiocarbonyl (C=S) groups is 1. The van der Waals surface area contributed by atoms with Gasteiger partial charge in [0.2, 0.25) is 10.0 Å². The van der Waals surface area contributed by atoms with Crippen molar-refractivity contribution in [3.63, 3.8) is 0 Å². The summed E-state index contributed by atoms with van der Waals surface area (Å²) in [6.07, 6.45) is 0. The first-order chi connectivity index (χ1) is 9.66. The topological polar surface area (TPSA) is 116 Å². The minimum absolute atomic E-state index is 0.0180. The fraction of sp³-hybridized carbons (Fsp3) is 0.231. The Labute approximate surface area is 128 Å². The van der Waals surface area contributed by atoms with Gasteiger partial charge in [-0.3, -0.25) is 0 Å². The Morgan fingerprint density at radius 3 is 2.29 bits per heavy atom. The summed E-state index contributed by atoms with van der Waals surface area (Å²) >= 11 is 5.06. The van der Waals surface area contributed by atoms with Gasteiger partial charge in [-0.05, 0) is 24.3 Å². The maximum absolute atomic E-state index is 11.1. The number of nitrogens with two attached hydrogens (primary N) is 1. The smallest absolute Gasteiger partial charge is 0.238 e. The number of nitrogens with zero attached hydrogens (tertiary/aromatic N) is 1. The van der Waals surface area contributed by atoms with Crippen LogP contribution in [-0.4, -0.2) is 18.5 Å². The average Bonchev–Trinajstić information content (AvgIpc) is 2.38. The molecule has 0 unspecified atom stereocenters. The van der Waals surface area contributed by atoms with Gasteiger partial charge in [-0.1, -0.05) is 26.1 Å². The minimum Gasteiger partial charge on any atom is -0.511 e. The van der Waals surface area contributed by atoms with Crippen molar-refractivity contribution in [2.45, 2.75) is 18.7 Å². The molecule has 112 valence electrons. The number of anilines is 1. The quantitative estimate of drug-likeness (QED) is 0.338. The molecular weight excluding hydrogens is 310 g/mol. The van der Waals surface area contributed by atoms with Gasteiger partial charge >= 0.3 is 0 Å². The number of sulfonamides is 1. The summed E-state index contributed by atoms with van der Waals surface area (Å²) in [6.45, 7) is 3.46. The Morgan fingerprint density at radius 2 is 1.90 bits per heavy atom. The van der Waals surface area contributed by atoms with Crippen LogP contribution in [0.1, 0.15) is 13.8 Å². The SMILES string of the molecule is CC(C)/C(O)=C(\C#N)C(=S)Nc1ccc(S(N)(=O)=O)cc1. The lowest BCUT2D eigenvalue weighted by atomic mass is 10.1. The zero-order chi connectivity index (χ0) is 16.2. The van der Waals surface area contributed by atoms with Gasteiger partial charge in [-0.25, -0.2) is 13.6 Å². The second-order valence-corrected chi connectivity index (χ2v) is 6.52. The van der Waals surface area contributed by atoms with Gasteiger partial charge in [0, 0.05) is 11.6 Å². The summed E-state index contributed by atoms with van der Waals surface area (Å²) in [4.78, 5) is 0.0344. The third-order valence-electron chi connectivity index (χ3n) is 2.58. The van der Waals surface area contributed by atoms with E-state index in [0.717, 1.165) is 0 Å². The monoisotopic (exact) mass is 325 g/mol. The van der Waals surface area contributed by atoms with Crippen LogP contribution in [0.2, 0.25) is 0 Å². The van der Waals surface area contributed by atoms with Gasteiger partial charge in [0.15, 0.2) is 0 Å². The van der Waals surface area contributed by atoms with Crippen LogP contribution in [0.4, 0.5) is 5.69 Å². The molecule has 1 aromatic rings. The predicted octanol–water partition coefficient (Wildman–Crippen LogP) is 2.06. The Morgan fingerprint density at radius 1 is 1.38 bits per heavy atom. The number of rotatable bonds is 4. The lowest BCUT2D eigenvalue weighted by Gasteiger charge is -2.11. The fourth-order valence-corrected chi connectivity index (χ4v) is 2.22. The molecule has 0 amide bonds. The normalized spacial score (nSPS) is 12.5. The Balaban J connectivity index is 2.99. The number of aliphatic hydroxyl groups excluding tert-OH is 1. The number of nitrogens with one attached hydrogen (secondary N) is 1. The van der Waals surface area contributed by atoms with Crippen LogP contribution < -0.4 is 10.5 Å². The van der Waals surface area contributed by atoms with E-state index in [9.17, 15) is 13.5 Å². The van der Waals surface area contributed by atoms with E-state index in [0.29, 0.717) is 5.69 Å². The van der Waals surface area contributed by atoms with Gasteiger partial charge in [0.1, 0.15) is 22.4 Å². The van der Waals surface area contributed by atoms with Crippen molar-refractivity contribution >= 4 is 32.9 Å². The number of hydrogen-bond acceptors (Lipinski definition) is 5. The zero-order valence-electron chi connectivity index (χ0n) is 11.5. The Kier molecular flexibility index (Phi) is 5.43. The van der Waals surface area contributed by atoms with Crippen LogP contribution >= 0.6 is 12.2 Å². The number of hydrogen-bond donors (Lipinski definition) is 3. The maximum Gasteiger partial charge on any atom is 0.238 e. The fourth-order valence-electron chi connectivity index (χ4n) is 1.43. The molecule has 0 aliphatic carbocycles. The molecule has 0 saturated carbocycles. The molecule has 0 fully saturated rings. The minimum atomic E-state index is -3.76. The highest BCUT2D eigenvalue weighted by atomic mass is 32.2. The standard InChI is InChI=1S/C13H15N3O3S2/c1-8(2)12(17)11(7-14)13(20)16-9-3-5-10(6-4-9)21(15,18)19/h3-6,8,17H,1-2H3,(H,16,20)(H2,15,18,19)/b12-11-. The van der Waals surface area contributed by atoms with Crippen LogP contribution in [0.5, 0.6) is 0 Å². The van der Waals surface area contributed by atoms with E-state index in [-0.39, 0.29) is 27.1 Å². The van der Waals surface area contributed by atoms with Crippen molar-refractivity contribution in [1.82, 2.24) is 0 Å². The molecule has 0 radical (unpaired) electrons. The van der Waals surface area contributed by atoms with E-state index in [4.69, 9.17) is 22.6 Å². The van der Waals surface area contributed by atoms with E-state index in [2.05, 4.69) is 5.32 Å². The highest BCUT2D eigenvalue weighted by Gasteiger charge is 2.14. The number of aliphatic hydroxyl groups is 1. The van der Waals surface area contributed by atoms with Gasteiger partial charge in [-0.2, -0.15) is 5.26 Å². The summed E-state index contributed by atoms with van der Waals surface area (Å²) in [7, 11) is -3.76. The van der Waals surface area contributed by atoms with E-state index in [1.165, 1.54) is 24.3 Å². The summed E-state index contributed by atoms with van der Waals surface area (Å²) < 4.78 is 22.3. The average molecular weight is 325 g/mol. The largest absolute Gasteiger partial charge is 0.511 e. The number of primary sulfonamides is 1. The van der Waals surface area contributed by atoms with Crippen molar-refractivity contribution in [3.8, 4) is 6.07 Å². The maximum atomic E-state index is 11.1. The van der Waals surface area contributed by atoms with Crippen LogP contribution in [0, 0.1) is 17.2 Å². The predicted molar refractivity (Wildman–Crippen MR) is 84.1 cm³/mol. The molecule has 0 saturated heterocycles. The molecule has 0 aliphatic rings. The summed E-state index contributed by atoms with van der Waals surface area (Å²) in [5, 5.41) is 26.6. The van der Waals surface area contributed by atoms with E-state index in [1.54, 1.807) is 13.8 Å². The van der Waals surface area contributed by atoms with Gasteiger partial charge in [0.25, 0.3) is 0 Å². The van der Waals surface area contributed by atoms with E-state index >= 15 is 0 Å². The third kappa shape index (κ3) is 4.53. The molecule has 0 spiro atoms. The lowest BCUT2D eigenvalue weighted by molar-refractivity contribution is 0.350. The summed E-state index contributed by atoms with van der Waals surface area (Å²) in [6, 6.07) is 7.42. The molecule has 1 aromatic carbocycles. The number of benzene rings is 1. The van der Waals surface area contributed by atoms with Gasteiger partial charge in [-0.15, -0.1) is 0 Å². The van der Waals surface area contributed by atoms with E-state index < -0.39 is 10.0 Å². The summed E-state index contributed by atoms with van der Waals surface area (Å²) in [5.74, 6) is -0.333. The van der Waals surface area contributed by atoms with Crippen molar-refractivity contribution in [1.29, 1.82) is 5.26 Å². The van der Waals surface area contributed by atoms with Crippen molar-refractivity contribution in [2.75, 3.05) is 5.32 Å². The second-order valence-electron chi connectivity index (χ2n) is 4.55. The number of nitriles is 1. The molecule has 0 aliphatic heterocycles. The second kappa shape index (κ2) is 6.67. The Bertz CT molecular complexity index is 714. The van der Waals surface area contributed by atoms with Crippen molar-refractivity contribution < 1.29 is 13.5 Å². The highest BCUT2D eigenvalue weighted by Crippen LogP contribution is 2.17. The zero-order valence-corrected chi connectivity index (χ0v) is 13.1. The molecule has 0 bridgehead atoms. The first-order valence-corrected chi connectivity index (χ1v) is 7.89. The molecule has 8 heteroatoms. The van der Waals surface area contributed by atoms with Gasteiger partial charge < -0.3 is 10.4 Å². The van der Waals surface area contributed by atoms with Crippen LogP contribution in [0.3, 0.4) is 0 Å². The summed E-state index contributed by atoms with van der Waals surface area (Å²) in [5.41, 5.74) is 0.465. The van der Waals surface area contributed by atoms with E-state index in [1.807, 2.05) is 6.07 Å². The third-order valence-corrected chi connectivity index (χ3v) is 3.82. The molecule has 0 heterocycles. The van der Waals surface area contributed by atoms with Crippen LogP contribution in [0.15, 0.2) is 40.5 Å². The lowest BCUT2D eigenvalue weighted by Crippen LogP contribution is -2.15. The first-order valence-electron chi connectivity index (χ1n) is 5.94. The highest BCUT2D eigenvalue weighted by molar-refractivity contribution is 7.89. The molecular formula is C13H15N3O3S2. The first kappa shape index (κ1) is 17.1. The molecule has 0 aromatic heterocycles. The molecule has 1 rings (SSSR count). The van der Waals surface area contributed by atoms with Crippen LogP contribution in [-0.2, 0) is 10.0 Å².